The molecular weight excluding hydrogens is 272 g/mol. The molecule has 0 aliphatic carbocycles. The Morgan fingerprint density at radius 1 is 1.39 bits per heavy atom. The van der Waals surface area contributed by atoms with Crippen molar-refractivity contribution in [2.45, 2.75) is 12.8 Å². The lowest BCUT2D eigenvalue weighted by Gasteiger charge is -1.94. The highest BCUT2D eigenvalue weighted by Crippen LogP contribution is 2.34. The number of hydrogen-bond donors (Lipinski definition) is 1. The monoisotopic (exact) mass is 284 g/mol. The van der Waals surface area contributed by atoms with Crippen LogP contribution in [-0.2, 0) is 6.42 Å². The van der Waals surface area contributed by atoms with Crippen molar-refractivity contribution in [3.05, 3.63) is 27.3 Å². The van der Waals surface area contributed by atoms with Gasteiger partial charge in [-0.2, -0.15) is 0 Å². The zero-order valence-electron chi connectivity index (χ0n) is 9.75. The number of aromatic nitrogens is 2. The molecule has 0 spiro atoms. The van der Waals surface area contributed by atoms with Crippen molar-refractivity contribution < 1.29 is 4.92 Å². The lowest BCUT2D eigenvalue weighted by atomic mass is 10.3. The van der Waals surface area contributed by atoms with Gasteiger partial charge in [-0.1, -0.05) is 22.7 Å². The summed E-state index contributed by atoms with van der Waals surface area (Å²) in [6.07, 6.45) is 1.89. The van der Waals surface area contributed by atoms with Crippen LogP contribution in [-0.4, -0.2) is 28.7 Å². The number of nitro groups is 1. The van der Waals surface area contributed by atoms with E-state index in [-0.39, 0.29) is 9.92 Å². The SMILES string of the molecule is CNCCCc1nnc(-c2ccc([N+](=O)[O-])s2)s1. The second kappa shape index (κ2) is 5.98. The van der Waals surface area contributed by atoms with Crippen molar-refractivity contribution in [2.24, 2.45) is 0 Å². The smallest absolute Gasteiger partial charge is 0.320 e. The first-order valence-corrected chi connectivity index (χ1v) is 7.05. The van der Waals surface area contributed by atoms with E-state index in [4.69, 9.17) is 0 Å². The maximum absolute atomic E-state index is 10.6. The lowest BCUT2D eigenvalue weighted by molar-refractivity contribution is -0.380. The Bertz CT molecular complexity index is 537. The van der Waals surface area contributed by atoms with Crippen LogP contribution in [0.3, 0.4) is 0 Å². The van der Waals surface area contributed by atoms with Gasteiger partial charge in [0.1, 0.15) is 5.01 Å². The van der Waals surface area contributed by atoms with Gasteiger partial charge < -0.3 is 5.32 Å². The van der Waals surface area contributed by atoms with E-state index >= 15 is 0 Å². The predicted molar refractivity (Wildman–Crippen MR) is 72.1 cm³/mol. The van der Waals surface area contributed by atoms with Crippen molar-refractivity contribution in [1.29, 1.82) is 0 Å². The van der Waals surface area contributed by atoms with Gasteiger partial charge in [0.25, 0.3) is 0 Å². The minimum Gasteiger partial charge on any atom is -0.320 e. The topological polar surface area (TPSA) is 81.0 Å². The highest BCUT2D eigenvalue weighted by Gasteiger charge is 2.14. The van der Waals surface area contributed by atoms with Gasteiger partial charge in [0.05, 0.1) is 9.80 Å². The van der Waals surface area contributed by atoms with Crippen LogP contribution in [0.2, 0.25) is 0 Å². The van der Waals surface area contributed by atoms with Crippen LogP contribution in [0.5, 0.6) is 0 Å². The van der Waals surface area contributed by atoms with Gasteiger partial charge >= 0.3 is 5.00 Å². The number of hydrogen-bond acceptors (Lipinski definition) is 7. The molecule has 0 aromatic carbocycles. The van der Waals surface area contributed by atoms with Crippen LogP contribution in [0, 0.1) is 10.1 Å². The van der Waals surface area contributed by atoms with Crippen molar-refractivity contribution >= 4 is 27.7 Å². The average molecular weight is 284 g/mol. The molecule has 2 aromatic rings. The molecule has 2 aromatic heterocycles. The Kier molecular flexibility index (Phi) is 4.34. The van der Waals surface area contributed by atoms with Crippen LogP contribution in [0.15, 0.2) is 12.1 Å². The van der Waals surface area contributed by atoms with E-state index in [0.29, 0.717) is 0 Å². The molecule has 18 heavy (non-hydrogen) atoms. The first-order valence-electron chi connectivity index (χ1n) is 5.42. The van der Waals surface area contributed by atoms with Gasteiger partial charge in [0, 0.05) is 12.5 Å². The number of aryl methyl sites for hydroxylation is 1. The average Bonchev–Trinajstić information content (AvgIpc) is 2.97. The zero-order chi connectivity index (χ0) is 13.0. The third kappa shape index (κ3) is 3.09. The minimum atomic E-state index is -0.386. The van der Waals surface area contributed by atoms with E-state index in [2.05, 4.69) is 15.5 Å². The minimum absolute atomic E-state index is 0.136. The summed E-state index contributed by atoms with van der Waals surface area (Å²) in [7, 11) is 1.91. The lowest BCUT2D eigenvalue weighted by Crippen LogP contribution is -2.08. The number of thiophene rings is 1. The van der Waals surface area contributed by atoms with E-state index < -0.39 is 0 Å². The Balaban J connectivity index is 2.06. The molecule has 2 heterocycles. The molecule has 6 nitrogen and oxygen atoms in total. The summed E-state index contributed by atoms with van der Waals surface area (Å²) in [6.45, 7) is 0.944. The van der Waals surface area contributed by atoms with Crippen LogP contribution in [0.25, 0.3) is 9.88 Å². The molecule has 0 unspecified atom stereocenters. The van der Waals surface area contributed by atoms with E-state index in [1.807, 2.05) is 7.05 Å². The molecule has 0 fully saturated rings. The summed E-state index contributed by atoms with van der Waals surface area (Å²) >= 11 is 2.63. The van der Waals surface area contributed by atoms with Crippen LogP contribution in [0.4, 0.5) is 5.00 Å². The van der Waals surface area contributed by atoms with Crippen LogP contribution >= 0.6 is 22.7 Å². The Morgan fingerprint density at radius 3 is 2.89 bits per heavy atom. The number of nitrogens with one attached hydrogen (secondary N) is 1. The number of nitrogens with zero attached hydrogens (tertiary/aromatic N) is 3. The molecule has 8 heteroatoms. The van der Waals surface area contributed by atoms with E-state index in [0.717, 1.165) is 45.6 Å². The second-order valence-electron chi connectivity index (χ2n) is 3.60. The van der Waals surface area contributed by atoms with Crippen molar-refractivity contribution in [3.63, 3.8) is 0 Å². The summed E-state index contributed by atoms with van der Waals surface area (Å²) in [5.41, 5.74) is 0. The summed E-state index contributed by atoms with van der Waals surface area (Å²) in [4.78, 5) is 11.0. The van der Waals surface area contributed by atoms with Gasteiger partial charge in [-0.25, -0.2) is 0 Å². The summed E-state index contributed by atoms with van der Waals surface area (Å²) < 4.78 is 0. The molecule has 0 aliphatic heterocycles. The molecule has 0 saturated carbocycles. The standard InChI is InChI=1S/C10H12N4O2S2/c1-11-6-2-3-8-12-13-10(18-8)7-4-5-9(17-7)14(15)16/h4-5,11H,2-3,6H2,1H3. The highest BCUT2D eigenvalue weighted by molar-refractivity contribution is 7.23. The summed E-state index contributed by atoms with van der Waals surface area (Å²) in [5.74, 6) is 0. The normalized spacial score (nSPS) is 10.7. The largest absolute Gasteiger partial charge is 0.324 e. The highest BCUT2D eigenvalue weighted by atomic mass is 32.1. The van der Waals surface area contributed by atoms with Crippen LogP contribution in [0.1, 0.15) is 11.4 Å². The molecule has 0 bridgehead atoms. The van der Waals surface area contributed by atoms with Gasteiger partial charge in [-0.3, -0.25) is 10.1 Å². The molecule has 0 atom stereocenters. The van der Waals surface area contributed by atoms with Gasteiger partial charge in [-0.05, 0) is 26.1 Å². The fraction of sp³-hybridized carbons (Fsp3) is 0.400. The van der Waals surface area contributed by atoms with Gasteiger partial charge in [0.15, 0.2) is 5.01 Å². The van der Waals surface area contributed by atoms with E-state index in [9.17, 15) is 10.1 Å². The Morgan fingerprint density at radius 2 is 2.22 bits per heavy atom. The number of rotatable bonds is 6. The second-order valence-corrected chi connectivity index (χ2v) is 5.73. The fourth-order valence-electron chi connectivity index (χ4n) is 1.41. The molecule has 0 radical (unpaired) electrons. The third-order valence-corrected chi connectivity index (χ3v) is 4.46. The van der Waals surface area contributed by atoms with Gasteiger partial charge in [0.2, 0.25) is 0 Å². The predicted octanol–water partition coefficient (Wildman–Crippen LogP) is 2.33. The Hall–Kier alpha value is -1.38. The maximum Gasteiger partial charge on any atom is 0.324 e. The van der Waals surface area contributed by atoms with E-state index in [1.54, 1.807) is 6.07 Å². The molecular formula is C10H12N4O2S2. The van der Waals surface area contributed by atoms with Crippen molar-refractivity contribution in [2.75, 3.05) is 13.6 Å². The molecule has 96 valence electrons. The van der Waals surface area contributed by atoms with Crippen LogP contribution < -0.4 is 5.32 Å². The molecule has 2 rings (SSSR count). The van der Waals surface area contributed by atoms with E-state index in [1.165, 1.54) is 17.4 Å². The Labute approximate surface area is 112 Å². The molecule has 0 saturated heterocycles. The fourth-order valence-corrected chi connectivity index (χ4v) is 3.16. The third-order valence-electron chi connectivity index (χ3n) is 2.27. The zero-order valence-corrected chi connectivity index (χ0v) is 11.4. The molecule has 1 N–H and O–H groups in total. The summed E-state index contributed by atoms with van der Waals surface area (Å²) in [5, 5.41) is 23.7. The molecule has 0 amide bonds. The first-order chi connectivity index (χ1) is 8.70. The summed E-state index contributed by atoms with van der Waals surface area (Å²) in [6, 6.07) is 3.22. The van der Waals surface area contributed by atoms with Gasteiger partial charge in [-0.15, -0.1) is 10.2 Å². The quantitative estimate of drug-likeness (QED) is 0.500. The first kappa shape index (κ1) is 13.1. The van der Waals surface area contributed by atoms with Crippen molar-refractivity contribution in [3.8, 4) is 9.88 Å². The molecule has 0 aliphatic rings. The maximum atomic E-state index is 10.6. The van der Waals surface area contributed by atoms with Crippen molar-refractivity contribution in [1.82, 2.24) is 15.5 Å².